The van der Waals surface area contributed by atoms with Crippen LogP contribution < -0.4 is 5.32 Å². The summed E-state index contributed by atoms with van der Waals surface area (Å²) >= 11 is 0. The Morgan fingerprint density at radius 2 is 1.75 bits per heavy atom. The maximum atomic E-state index is 4.19. The third-order valence-corrected chi connectivity index (χ3v) is 4.22. The summed E-state index contributed by atoms with van der Waals surface area (Å²) in [5, 5.41) is 3.47. The zero-order chi connectivity index (χ0) is 14.8. The molecule has 1 atom stereocenters. The van der Waals surface area contributed by atoms with E-state index in [1.165, 1.54) is 68.9 Å². The Hall–Kier alpha value is -0.980. The molecule has 1 nitrogen and oxygen atoms in total. The Morgan fingerprint density at radius 3 is 2.30 bits per heavy atom. The molecule has 0 radical (unpaired) electrons. The molecule has 1 heteroatoms. The van der Waals surface area contributed by atoms with Crippen LogP contribution in [-0.2, 0) is 0 Å². The summed E-state index contributed by atoms with van der Waals surface area (Å²) in [6.07, 6.45) is 14.0. The molecule has 20 heavy (non-hydrogen) atoms. The Kier molecular flexibility index (Phi) is 8.41. The Bertz CT molecular complexity index is 327. The van der Waals surface area contributed by atoms with E-state index in [9.17, 15) is 0 Å². The van der Waals surface area contributed by atoms with Gasteiger partial charge in [-0.25, -0.2) is 0 Å². The van der Waals surface area contributed by atoms with Crippen LogP contribution in [0.25, 0.3) is 0 Å². The zero-order valence-electron chi connectivity index (χ0n) is 13.5. The van der Waals surface area contributed by atoms with Crippen molar-refractivity contribution in [2.45, 2.75) is 83.6 Å². The summed E-state index contributed by atoms with van der Waals surface area (Å²) in [7, 11) is 0. The summed E-state index contributed by atoms with van der Waals surface area (Å²) in [4.78, 5) is 0. The molecule has 1 unspecified atom stereocenters. The third kappa shape index (κ3) is 6.98. The molecule has 1 N–H and O–H groups in total. The normalized spacial score (nSPS) is 17.6. The lowest BCUT2D eigenvalue weighted by Crippen LogP contribution is -2.36. The molecule has 0 aliphatic heterocycles. The van der Waals surface area contributed by atoms with Gasteiger partial charge in [0.15, 0.2) is 0 Å². The van der Waals surface area contributed by atoms with Crippen molar-refractivity contribution in [1.29, 1.82) is 0 Å². The molecule has 0 saturated heterocycles. The second-order valence-electron chi connectivity index (χ2n) is 6.30. The summed E-state index contributed by atoms with van der Waals surface area (Å²) in [6, 6.07) is 0.480. The molecule has 1 fully saturated rings. The van der Waals surface area contributed by atoms with Crippen molar-refractivity contribution in [3.05, 3.63) is 36.6 Å². The van der Waals surface area contributed by atoms with E-state index in [4.69, 9.17) is 0 Å². The number of unbranched alkanes of at least 4 members (excludes halogenated alkanes) is 6. The molecule has 1 aliphatic carbocycles. The van der Waals surface area contributed by atoms with E-state index in [1.54, 1.807) is 0 Å². The third-order valence-electron chi connectivity index (χ3n) is 4.22. The van der Waals surface area contributed by atoms with Crippen molar-refractivity contribution in [2.75, 3.05) is 0 Å². The van der Waals surface area contributed by atoms with Crippen LogP contribution >= 0.6 is 0 Å². The van der Waals surface area contributed by atoms with E-state index in [2.05, 4.69) is 32.0 Å². The van der Waals surface area contributed by atoms with Gasteiger partial charge in [-0.1, -0.05) is 76.3 Å². The van der Waals surface area contributed by atoms with Crippen LogP contribution in [0.5, 0.6) is 0 Å². The molecule has 0 aromatic heterocycles. The van der Waals surface area contributed by atoms with Gasteiger partial charge in [0.05, 0.1) is 0 Å². The first-order valence-electron chi connectivity index (χ1n) is 8.42. The monoisotopic (exact) mass is 275 g/mol. The molecule has 1 saturated carbocycles. The van der Waals surface area contributed by atoms with Gasteiger partial charge in [-0.05, 0) is 25.7 Å². The highest BCUT2D eigenvalue weighted by atomic mass is 14.9. The molecule has 0 aromatic carbocycles. The summed E-state index contributed by atoms with van der Waals surface area (Å²) in [6.45, 7) is 14.6. The predicted molar refractivity (Wildman–Crippen MR) is 90.8 cm³/mol. The van der Waals surface area contributed by atoms with Crippen LogP contribution in [0.15, 0.2) is 36.6 Å². The number of hydrogen-bond acceptors (Lipinski definition) is 1. The average molecular weight is 275 g/mol. The Morgan fingerprint density at radius 1 is 1.10 bits per heavy atom. The number of nitrogens with one attached hydrogen (secondary N) is 1. The van der Waals surface area contributed by atoms with Gasteiger partial charge >= 0.3 is 0 Å². The smallest absolute Gasteiger partial charge is 0.0471 e. The van der Waals surface area contributed by atoms with Gasteiger partial charge in [0.2, 0.25) is 0 Å². The van der Waals surface area contributed by atoms with Crippen LogP contribution in [0.4, 0.5) is 0 Å². The first kappa shape index (κ1) is 17.1. The zero-order valence-corrected chi connectivity index (χ0v) is 13.5. The van der Waals surface area contributed by atoms with E-state index in [0.717, 1.165) is 18.5 Å². The molecule has 0 bridgehead atoms. The SMILES string of the molecule is C=C(CCCCCCCCC)CC(=C)NC1CCC1=C. The molecule has 0 amide bonds. The van der Waals surface area contributed by atoms with E-state index >= 15 is 0 Å². The lowest BCUT2D eigenvalue weighted by atomic mass is 9.87. The topological polar surface area (TPSA) is 12.0 Å². The van der Waals surface area contributed by atoms with Gasteiger partial charge in [-0.2, -0.15) is 0 Å². The highest BCUT2D eigenvalue weighted by Crippen LogP contribution is 2.26. The van der Waals surface area contributed by atoms with Crippen LogP contribution in [0.1, 0.15) is 77.6 Å². The molecular weight excluding hydrogens is 242 g/mol. The molecule has 0 heterocycles. The highest BCUT2D eigenvalue weighted by Gasteiger charge is 2.21. The molecule has 114 valence electrons. The minimum absolute atomic E-state index is 0.480. The number of allylic oxidation sites excluding steroid dienone is 1. The van der Waals surface area contributed by atoms with E-state index in [0.29, 0.717) is 6.04 Å². The fraction of sp³-hybridized carbons (Fsp3) is 0.684. The number of rotatable bonds is 12. The van der Waals surface area contributed by atoms with Crippen molar-refractivity contribution < 1.29 is 0 Å². The maximum absolute atomic E-state index is 4.19. The number of hydrogen-bond donors (Lipinski definition) is 1. The van der Waals surface area contributed by atoms with Gasteiger partial charge in [0.25, 0.3) is 0 Å². The summed E-state index contributed by atoms with van der Waals surface area (Å²) in [5.41, 5.74) is 3.76. The maximum Gasteiger partial charge on any atom is 0.0471 e. The predicted octanol–water partition coefficient (Wildman–Crippen LogP) is 5.90. The van der Waals surface area contributed by atoms with Gasteiger partial charge in [-0.3, -0.25) is 0 Å². The molecule has 0 aromatic rings. The fourth-order valence-corrected chi connectivity index (χ4v) is 2.69. The van der Waals surface area contributed by atoms with E-state index < -0.39 is 0 Å². The van der Waals surface area contributed by atoms with Crippen molar-refractivity contribution >= 4 is 0 Å². The average Bonchev–Trinajstić information content (AvgIpc) is 2.42. The van der Waals surface area contributed by atoms with E-state index in [1.807, 2.05) is 0 Å². The van der Waals surface area contributed by atoms with E-state index in [-0.39, 0.29) is 0 Å². The van der Waals surface area contributed by atoms with Gasteiger partial charge in [0, 0.05) is 18.2 Å². The van der Waals surface area contributed by atoms with Crippen LogP contribution in [0.3, 0.4) is 0 Å². The summed E-state index contributed by atoms with van der Waals surface area (Å²) in [5.74, 6) is 0. The molecule has 1 rings (SSSR count). The van der Waals surface area contributed by atoms with Gasteiger partial charge in [-0.15, -0.1) is 0 Å². The van der Waals surface area contributed by atoms with Crippen LogP contribution in [0.2, 0.25) is 0 Å². The van der Waals surface area contributed by atoms with Gasteiger partial charge < -0.3 is 5.32 Å². The Labute approximate surface area is 126 Å². The molecule has 0 spiro atoms. The van der Waals surface area contributed by atoms with Crippen molar-refractivity contribution in [3.63, 3.8) is 0 Å². The van der Waals surface area contributed by atoms with Crippen LogP contribution in [0, 0.1) is 0 Å². The lowest BCUT2D eigenvalue weighted by Gasteiger charge is -2.31. The first-order chi connectivity index (χ1) is 9.63. The lowest BCUT2D eigenvalue weighted by molar-refractivity contribution is 0.481. The quantitative estimate of drug-likeness (QED) is 0.345. The summed E-state index contributed by atoms with van der Waals surface area (Å²) < 4.78 is 0. The second kappa shape index (κ2) is 9.85. The molecular formula is C19H33N. The van der Waals surface area contributed by atoms with Crippen molar-refractivity contribution in [3.8, 4) is 0 Å². The Balaban J connectivity index is 1.96. The fourth-order valence-electron chi connectivity index (χ4n) is 2.69. The second-order valence-corrected chi connectivity index (χ2v) is 6.30. The standard InChI is InChI=1S/C19H33N/c1-5-6-7-8-9-10-11-12-16(2)15-18(4)20-19-14-13-17(19)3/h19-20H,2-15H2,1H3. The largest absolute Gasteiger partial charge is 0.382 e. The minimum atomic E-state index is 0.480. The molecule has 1 aliphatic rings. The minimum Gasteiger partial charge on any atom is -0.382 e. The van der Waals surface area contributed by atoms with Gasteiger partial charge in [0.1, 0.15) is 0 Å². The first-order valence-corrected chi connectivity index (χ1v) is 8.42. The van der Waals surface area contributed by atoms with Crippen LogP contribution in [-0.4, -0.2) is 6.04 Å². The van der Waals surface area contributed by atoms with Crippen molar-refractivity contribution in [2.24, 2.45) is 0 Å². The van der Waals surface area contributed by atoms with Crippen molar-refractivity contribution in [1.82, 2.24) is 5.32 Å². The highest BCUT2D eigenvalue weighted by molar-refractivity contribution is 5.19.